The second-order valence-electron chi connectivity index (χ2n) is 2.38. The molecule has 0 spiro atoms. The van der Waals surface area contributed by atoms with E-state index in [0.717, 1.165) is 6.42 Å². The molecule has 4 nitrogen and oxygen atoms in total. The molecule has 72 valence electrons. The Morgan fingerprint density at radius 3 is 1.50 bits per heavy atom. The van der Waals surface area contributed by atoms with Gasteiger partial charge in [0.2, 0.25) is 0 Å². The topological polar surface area (TPSA) is 74.6 Å². The molecule has 0 rings (SSSR count). The first-order valence-corrected chi connectivity index (χ1v) is 3.79. The number of hydrogen-bond donors (Lipinski definition) is 2. The van der Waals surface area contributed by atoms with Crippen LogP contribution in [-0.4, -0.2) is 28.1 Å². The standard InChI is InChI=1S/C4H6O2.C4H10O2/c1-3(5)4(2)6;1-2-3-4(5)6/h1-2H3;4-6H,2-3H2,1H3. The molecule has 0 aromatic carbocycles. The molecular formula is C8H16O4. The van der Waals surface area contributed by atoms with E-state index < -0.39 is 6.29 Å². The summed E-state index contributed by atoms with van der Waals surface area (Å²) in [6.45, 7) is 4.41. The third-order valence-corrected chi connectivity index (χ3v) is 1.04. The lowest BCUT2D eigenvalue weighted by Crippen LogP contribution is -2.01. The fourth-order valence-electron chi connectivity index (χ4n) is 0.258. The first kappa shape index (κ1) is 13.8. The van der Waals surface area contributed by atoms with Gasteiger partial charge in [0.1, 0.15) is 0 Å². The van der Waals surface area contributed by atoms with Gasteiger partial charge in [0, 0.05) is 13.8 Å². The minimum Gasteiger partial charge on any atom is -0.368 e. The molecule has 0 aliphatic rings. The van der Waals surface area contributed by atoms with Crippen LogP contribution in [0.1, 0.15) is 33.6 Å². The smallest absolute Gasteiger partial charge is 0.195 e. The summed E-state index contributed by atoms with van der Waals surface area (Å²) in [7, 11) is 0. The van der Waals surface area contributed by atoms with E-state index >= 15 is 0 Å². The molecule has 0 aliphatic heterocycles. The lowest BCUT2D eigenvalue weighted by molar-refractivity contribution is -0.134. The van der Waals surface area contributed by atoms with E-state index in [0.29, 0.717) is 6.42 Å². The molecule has 0 radical (unpaired) electrons. The lowest BCUT2D eigenvalue weighted by atomic mass is 10.3. The van der Waals surface area contributed by atoms with Crippen molar-refractivity contribution in [3.8, 4) is 0 Å². The highest BCUT2D eigenvalue weighted by atomic mass is 16.5. The number of rotatable bonds is 3. The molecule has 2 N–H and O–H groups in total. The largest absolute Gasteiger partial charge is 0.368 e. The number of hydrogen-bond acceptors (Lipinski definition) is 4. The summed E-state index contributed by atoms with van der Waals surface area (Å²) < 4.78 is 0. The van der Waals surface area contributed by atoms with E-state index in [1.165, 1.54) is 13.8 Å². The predicted octanol–water partition coefficient (Wildman–Crippen LogP) is 0.262. The minimum atomic E-state index is -1.10. The molecule has 4 heteroatoms. The van der Waals surface area contributed by atoms with Gasteiger partial charge in [0.15, 0.2) is 17.9 Å². The molecule has 0 fully saturated rings. The first-order valence-electron chi connectivity index (χ1n) is 3.79. The Hall–Kier alpha value is -0.740. The zero-order valence-electron chi connectivity index (χ0n) is 7.70. The van der Waals surface area contributed by atoms with Crippen molar-refractivity contribution in [2.45, 2.75) is 39.9 Å². The number of ketones is 2. The van der Waals surface area contributed by atoms with Gasteiger partial charge in [-0.25, -0.2) is 0 Å². The van der Waals surface area contributed by atoms with Gasteiger partial charge in [-0.15, -0.1) is 0 Å². The lowest BCUT2D eigenvalue weighted by Gasteiger charge is -1.94. The van der Waals surface area contributed by atoms with E-state index in [2.05, 4.69) is 0 Å². The Balaban J connectivity index is 0. The zero-order valence-corrected chi connectivity index (χ0v) is 7.70. The van der Waals surface area contributed by atoms with Crippen LogP contribution in [-0.2, 0) is 9.59 Å². The number of carbonyl (C=O) groups excluding carboxylic acids is 2. The van der Waals surface area contributed by atoms with Crippen molar-refractivity contribution in [3.63, 3.8) is 0 Å². The molecule has 0 aliphatic carbocycles. The van der Waals surface area contributed by atoms with E-state index in [4.69, 9.17) is 10.2 Å². The van der Waals surface area contributed by atoms with Crippen molar-refractivity contribution in [1.29, 1.82) is 0 Å². The highest BCUT2D eigenvalue weighted by Crippen LogP contribution is 1.88. The Morgan fingerprint density at radius 1 is 1.17 bits per heavy atom. The maximum Gasteiger partial charge on any atom is 0.195 e. The third-order valence-electron chi connectivity index (χ3n) is 1.04. The number of Topliss-reactive ketones (excluding diaryl/α,β-unsaturated/α-hetero) is 2. The van der Waals surface area contributed by atoms with Crippen molar-refractivity contribution in [1.82, 2.24) is 0 Å². The summed E-state index contributed by atoms with van der Waals surface area (Å²) in [4.78, 5) is 19.6. The van der Waals surface area contributed by atoms with Crippen LogP contribution in [0, 0.1) is 0 Å². The zero-order chi connectivity index (χ0) is 10.1. The fraction of sp³-hybridized carbons (Fsp3) is 0.750. The SMILES string of the molecule is CC(=O)C(C)=O.CCCC(O)O. The Morgan fingerprint density at radius 2 is 1.50 bits per heavy atom. The van der Waals surface area contributed by atoms with Gasteiger partial charge in [-0.1, -0.05) is 13.3 Å². The molecule has 0 atom stereocenters. The minimum absolute atomic E-state index is 0.380. The summed E-state index contributed by atoms with van der Waals surface area (Å²) in [6.07, 6.45) is 0.215. The van der Waals surface area contributed by atoms with Crippen molar-refractivity contribution in [2.75, 3.05) is 0 Å². The quantitative estimate of drug-likeness (QED) is 0.478. The second kappa shape index (κ2) is 8.36. The monoisotopic (exact) mass is 176 g/mol. The predicted molar refractivity (Wildman–Crippen MR) is 44.5 cm³/mol. The number of aliphatic hydroxyl groups is 2. The molecular weight excluding hydrogens is 160 g/mol. The van der Waals surface area contributed by atoms with Gasteiger partial charge in [-0.2, -0.15) is 0 Å². The summed E-state index contributed by atoms with van der Waals surface area (Å²) in [5, 5.41) is 16.2. The first-order chi connectivity index (χ1) is 5.41. The molecule has 0 aromatic rings. The normalized spacial score (nSPS) is 8.83. The summed E-state index contributed by atoms with van der Waals surface area (Å²) >= 11 is 0. The van der Waals surface area contributed by atoms with E-state index in [1.807, 2.05) is 6.92 Å². The van der Waals surface area contributed by atoms with Crippen molar-refractivity contribution >= 4 is 11.6 Å². The number of carbonyl (C=O) groups is 2. The molecule has 0 amide bonds. The van der Waals surface area contributed by atoms with Gasteiger partial charge in [-0.05, 0) is 6.42 Å². The molecule has 0 saturated heterocycles. The van der Waals surface area contributed by atoms with E-state index in [1.54, 1.807) is 0 Å². The Labute approximate surface area is 72.2 Å². The maximum absolute atomic E-state index is 9.79. The van der Waals surface area contributed by atoms with Crippen LogP contribution in [0.5, 0.6) is 0 Å². The summed E-state index contributed by atoms with van der Waals surface area (Å²) in [5.41, 5.74) is 0. The molecule has 12 heavy (non-hydrogen) atoms. The fourth-order valence-corrected chi connectivity index (χ4v) is 0.258. The van der Waals surface area contributed by atoms with Crippen molar-refractivity contribution < 1.29 is 19.8 Å². The van der Waals surface area contributed by atoms with Gasteiger partial charge >= 0.3 is 0 Å². The van der Waals surface area contributed by atoms with Crippen LogP contribution >= 0.6 is 0 Å². The van der Waals surface area contributed by atoms with E-state index in [-0.39, 0.29) is 11.6 Å². The van der Waals surface area contributed by atoms with Gasteiger partial charge < -0.3 is 10.2 Å². The van der Waals surface area contributed by atoms with Crippen molar-refractivity contribution in [3.05, 3.63) is 0 Å². The molecule has 0 heterocycles. The summed E-state index contributed by atoms with van der Waals surface area (Å²) in [5.74, 6) is -0.759. The molecule has 0 unspecified atom stereocenters. The van der Waals surface area contributed by atoms with Gasteiger partial charge in [-0.3, -0.25) is 9.59 Å². The third kappa shape index (κ3) is 16.1. The molecule has 0 aromatic heterocycles. The van der Waals surface area contributed by atoms with E-state index in [9.17, 15) is 9.59 Å². The molecule has 0 bridgehead atoms. The van der Waals surface area contributed by atoms with Crippen LogP contribution < -0.4 is 0 Å². The van der Waals surface area contributed by atoms with Crippen LogP contribution in [0.15, 0.2) is 0 Å². The Bertz CT molecular complexity index is 128. The van der Waals surface area contributed by atoms with Crippen LogP contribution in [0.25, 0.3) is 0 Å². The number of aliphatic hydroxyl groups excluding tert-OH is 1. The highest BCUT2D eigenvalue weighted by Gasteiger charge is 1.94. The van der Waals surface area contributed by atoms with Crippen LogP contribution in [0.2, 0.25) is 0 Å². The van der Waals surface area contributed by atoms with Gasteiger partial charge in [0.25, 0.3) is 0 Å². The molecule has 0 saturated carbocycles. The Kier molecular flexibility index (Phi) is 9.63. The van der Waals surface area contributed by atoms with Crippen LogP contribution in [0.4, 0.5) is 0 Å². The summed E-state index contributed by atoms with van der Waals surface area (Å²) in [6, 6.07) is 0. The second-order valence-corrected chi connectivity index (χ2v) is 2.38. The van der Waals surface area contributed by atoms with Crippen molar-refractivity contribution in [2.24, 2.45) is 0 Å². The van der Waals surface area contributed by atoms with Crippen LogP contribution in [0.3, 0.4) is 0 Å². The average molecular weight is 176 g/mol. The maximum atomic E-state index is 9.79. The van der Waals surface area contributed by atoms with Gasteiger partial charge in [0.05, 0.1) is 0 Å². The highest BCUT2D eigenvalue weighted by molar-refractivity contribution is 6.35. The average Bonchev–Trinajstić information content (AvgIpc) is 1.87.